The van der Waals surface area contributed by atoms with Crippen molar-refractivity contribution in [1.29, 1.82) is 0 Å². The molecule has 1 unspecified atom stereocenters. The molecule has 0 amide bonds. The van der Waals surface area contributed by atoms with Crippen LogP contribution in [0.1, 0.15) is 24.3 Å². The summed E-state index contributed by atoms with van der Waals surface area (Å²) < 4.78 is 0. The third-order valence-corrected chi connectivity index (χ3v) is 3.90. The second kappa shape index (κ2) is 2.38. The first kappa shape index (κ1) is 8.04. The van der Waals surface area contributed by atoms with E-state index in [1.165, 1.54) is 5.56 Å². The van der Waals surface area contributed by atoms with E-state index in [0.717, 1.165) is 12.8 Å². The molecule has 3 aliphatic carbocycles. The number of hydrogen-bond donors (Lipinski definition) is 1. The van der Waals surface area contributed by atoms with Gasteiger partial charge in [-0.15, -0.1) is 0 Å². The monoisotopic (exact) mass is 188 g/mol. The van der Waals surface area contributed by atoms with Crippen LogP contribution in [0.2, 0.25) is 0 Å². The summed E-state index contributed by atoms with van der Waals surface area (Å²) in [5, 5.41) is 9.16. The number of hydrogen-bond acceptors (Lipinski definition) is 1. The zero-order chi connectivity index (χ0) is 9.76. The third-order valence-electron chi connectivity index (χ3n) is 3.90. The average Bonchev–Trinajstić information content (AvgIpc) is 2.00. The van der Waals surface area contributed by atoms with E-state index in [2.05, 4.69) is 0 Å². The Balaban J connectivity index is 1.93. The largest absolute Gasteiger partial charge is 0.481 e. The van der Waals surface area contributed by atoms with Gasteiger partial charge in [-0.2, -0.15) is 0 Å². The van der Waals surface area contributed by atoms with Crippen LogP contribution < -0.4 is 0 Å². The molecule has 3 saturated carbocycles. The number of rotatable bonds is 2. The first-order valence-electron chi connectivity index (χ1n) is 5.02. The van der Waals surface area contributed by atoms with Crippen molar-refractivity contribution in [1.82, 2.24) is 0 Å². The van der Waals surface area contributed by atoms with Crippen LogP contribution in [0.25, 0.3) is 0 Å². The molecule has 2 nitrogen and oxygen atoms in total. The van der Waals surface area contributed by atoms with E-state index in [4.69, 9.17) is 5.11 Å². The summed E-state index contributed by atoms with van der Waals surface area (Å²) in [7, 11) is 0. The molecule has 4 rings (SSSR count). The van der Waals surface area contributed by atoms with Crippen LogP contribution in [0.4, 0.5) is 0 Å². The number of carboxylic acids is 1. The molecule has 3 aliphatic rings. The van der Waals surface area contributed by atoms with Gasteiger partial charge in [-0.25, -0.2) is 0 Å². The lowest BCUT2D eigenvalue weighted by Gasteiger charge is -2.65. The second-order valence-corrected chi connectivity index (χ2v) is 4.52. The van der Waals surface area contributed by atoms with Crippen molar-refractivity contribution in [2.45, 2.75) is 18.8 Å². The molecule has 3 fully saturated rings. The maximum absolute atomic E-state index is 11.1. The molecule has 0 spiro atoms. The van der Waals surface area contributed by atoms with Gasteiger partial charge in [0.1, 0.15) is 0 Å². The van der Waals surface area contributed by atoms with Gasteiger partial charge in [-0.1, -0.05) is 30.3 Å². The highest BCUT2D eigenvalue weighted by atomic mass is 16.4. The quantitative estimate of drug-likeness (QED) is 0.773. The van der Waals surface area contributed by atoms with E-state index in [1.54, 1.807) is 0 Å². The summed E-state index contributed by atoms with van der Waals surface area (Å²) in [6, 6.07) is 10.0. The Hall–Kier alpha value is -1.31. The minimum absolute atomic E-state index is 0.293. The maximum atomic E-state index is 11.1. The molecule has 1 aromatic rings. The second-order valence-electron chi connectivity index (χ2n) is 4.52. The normalized spacial score (nSPS) is 38.3. The van der Waals surface area contributed by atoms with E-state index in [0.29, 0.717) is 11.8 Å². The molecule has 0 aliphatic heterocycles. The molecule has 14 heavy (non-hydrogen) atoms. The van der Waals surface area contributed by atoms with Crippen LogP contribution in [0.3, 0.4) is 0 Å². The first-order valence-corrected chi connectivity index (χ1v) is 5.02. The van der Waals surface area contributed by atoms with Gasteiger partial charge < -0.3 is 5.11 Å². The fourth-order valence-electron chi connectivity index (χ4n) is 3.06. The van der Waals surface area contributed by atoms with Gasteiger partial charge in [-0.05, 0) is 24.3 Å². The van der Waals surface area contributed by atoms with Gasteiger partial charge in [0, 0.05) is 5.92 Å². The molecular formula is C12H12O2. The molecule has 1 aromatic carbocycles. The molecule has 1 atom stereocenters. The molecule has 0 radical (unpaired) electrons. The van der Waals surface area contributed by atoms with Crippen molar-refractivity contribution in [2.24, 2.45) is 11.3 Å². The van der Waals surface area contributed by atoms with Gasteiger partial charge in [0.15, 0.2) is 0 Å². The number of carboxylic acid groups (broad SMARTS) is 1. The zero-order valence-corrected chi connectivity index (χ0v) is 7.81. The van der Waals surface area contributed by atoms with Gasteiger partial charge >= 0.3 is 5.97 Å². The molecule has 2 heteroatoms. The van der Waals surface area contributed by atoms with E-state index < -0.39 is 11.4 Å². The lowest BCUT2D eigenvalue weighted by molar-refractivity contribution is -0.195. The Morgan fingerprint density at radius 3 is 2.36 bits per heavy atom. The van der Waals surface area contributed by atoms with Crippen molar-refractivity contribution in [3.8, 4) is 0 Å². The van der Waals surface area contributed by atoms with Crippen LogP contribution >= 0.6 is 0 Å². The fraction of sp³-hybridized carbons (Fsp3) is 0.417. The maximum Gasteiger partial charge on any atom is 0.310 e. The highest BCUT2D eigenvalue weighted by Crippen LogP contribution is 2.73. The first-order chi connectivity index (χ1) is 6.74. The van der Waals surface area contributed by atoms with Crippen LogP contribution in [0.15, 0.2) is 30.3 Å². The highest BCUT2D eigenvalue weighted by Gasteiger charge is 2.70. The Bertz CT molecular complexity index is 377. The number of benzene rings is 1. The van der Waals surface area contributed by atoms with E-state index in [1.807, 2.05) is 30.3 Å². The Morgan fingerprint density at radius 2 is 1.93 bits per heavy atom. The number of aliphatic carboxylic acids is 1. The Labute approximate surface area is 82.6 Å². The topological polar surface area (TPSA) is 37.3 Å². The summed E-state index contributed by atoms with van der Waals surface area (Å²) in [6.45, 7) is 0. The molecular weight excluding hydrogens is 176 g/mol. The minimum Gasteiger partial charge on any atom is -0.481 e. The lowest BCUT2D eigenvalue weighted by Crippen LogP contribution is -2.63. The van der Waals surface area contributed by atoms with Crippen molar-refractivity contribution >= 4 is 5.97 Å². The summed E-state index contributed by atoms with van der Waals surface area (Å²) in [6.07, 6.45) is 1.78. The van der Waals surface area contributed by atoms with Crippen LogP contribution in [0.5, 0.6) is 0 Å². The van der Waals surface area contributed by atoms with E-state index in [-0.39, 0.29) is 0 Å². The van der Waals surface area contributed by atoms with Gasteiger partial charge in [0.25, 0.3) is 0 Å². The molecule has 0 aromatic heterocycles. The van der Waals surface area contributed by atoms with Crippen molar-refractivity contribution in [2.75, 3.05) is 0 Å². The minimum atomic E-state index is -0.603. The Kier molecular flexibility index (Phi) is 1.37. The van der Waals surface area contributed by atoms with Crippen molar-refractivity contribution in [3.63, 3.8) is 0 Å². The molecule has 0 saturated heterocycles. The average molecular weight is 188 g/mol. The van der Waals surface area contributed by atoms with Crippen LogP contribution in [-0.2, 0) is 4.79 Å². The molecule has 0 heterocycles. The van der Waals surface area contributed by atoms with E-state index >= 15 is 0 Å². The number of carbonyl (C=O) groups is 1. The summed E-state index contributed by atoms with van der Waals surface area (Å²) in [5.74, 6) is 0.323. The zero-order valence-electron chi connectivity index (χ0n) is 7.81. The smallest absolute Gasteiger partial charge is 0.310 e. The van der Waals surface area contributed by atoms with Crippen molar-refractivity contribution in [3.05, 3.63) is 35.9 Å². The van der Waals surface area contributed by atoms with Gasteiger partial charge in [0.05, 0.1) is 5.41 Å². The lowest BCUT2D eigenvalue weighted by atomic mass is 9.36. The molecule has 2 bridgehead atoms. The molecule has 1 N–H and O–H groups in total. The summed E-state index contributed by atoms with van der Waals surface area (Å²) >= 11 is 0. The summed E-state index contributed by atoms with van der Waals surface area (Å²) in [4.78, 5) is 11.1. The standard InChI is InChI=1S/C12H12O2/c13-11(14)12-6-9(7-12)10(12)8-4-2-1-3-5-8/h1-5,9-10H,6-7H2,(H,13,14). The SMILES string of the molecule is O=C(O)C12CC(C1)C2c1ccccc1. The summed E-state index contributed by atoms with van der Waals surface area (Å²) in [5.41, 5.74) is 0.809. The van der Waals surface area contributed by atoms with Crippen molar-refractivity contribution < 1.29 is 9.90 Å². The fourth-order valence-corrected chi connectivity index (χ4v) is 3.06. The predicted molar refractivity (Wildman–Crippen MR) is 52.0 cm³/mol. The Morgan fingerprint density at radius 1 is 1.29 bits per heavy atom. The van der Waals surface area contributed by atoms with E-state index in [9.17, 15) is 4.79 Å². The predicted octanol–water partition coefficient (Wildman–Crippen LogP) is 2.26. The molecule has 72 valence electrons. The van der Waals surface area contributed by atoms with Crippen LogP contribution in [0, 0.1) is 11.3 Å². The van der Waals surface area contributed by atoms with Gasteiger partial charge in [0.2, 0.25) is 0 Å². The van der Waals surface area contributed by atoms with Gasteiger partial charge in [-0.3, -0.25) is 4.79 Å². The van der Waals surface area contributed by atoms with Crippen LogP contribution in [-0.4, -0.2) is 11.1 Å². The third kappa shape index (κ3) is 0.746. The highest BCUT2D eigenvalue weighted by molar-refractivity contribution is 5.81.